The van der Waals surface area contributed by atoms with Crippen molar-refractivity contribution >= 4 is 55.4 Å². The number of carbonyl (C=O) groups is 1. The Kier molecular flexibility index (Phi) is 7.65. The SMILES string of the molecule is CNc1nc(-c2ccc(OC)c(NC(=O)COc3ccc(S(=O)(=O)N4CCc5ccccc54)cc3Cl)c2)cs1. The summed E-state index contributed by atoms with van der Waals surface area (Å²) < 4.78 is 38.9. The summed E-state index contributed by atoms with van der Waals surface area (Å²) >= 11 is 7.84. The fourth-order valence-electron chi connectivity index (χ4n) is 4.26. The lowest BCUT2D eigenvalue weighted by Gasteiger charge is -2.20. The van der Waals surface area contributed by atoms with E-state index in [1.54, 1.807) is 25.2 Å². The third-order valence-corrected chi connectivity index (χ3v) is 9.15. The number of methoxy groups -OCH3 is 1. The van der Waals surface area contributed by atoms with E-state index in [0.29, 0.717) is 30.1 Å². The van der Waals surface area contributed by atoms with Crippen molar-refractivity contribution in [3.63, 3.8) is 0 Å². The summed E-state index contributed by atoms with van der Waals surface area (Å²) in [6.07, 6.45) is 0.647. The van der Waals surface area contributed by atoms with E-state index in [4.69, 9.17) is 21.1 Å². The maximum absolute atomic E-state index is 13.3. The first-order valence-corrected chi connectivity index (χ1v) is 14.6. The topological polar surface area (TPSA) is 110 Å². The normalized spacial score (nSPS) is 12.6. The van der Waals surface area contributed by atoms with E-state index < -0.39 is 15.9 Å². The second-order valence-corrected chi connectivity index (χ2v) is 11.7. The first-order chi connectivity index (χ1) is 18.8. The van der Waals surface area contributed by atoms with Gasteiger partial charge in [0.25, 0.3) is 15.9 Å². The number of aromatic nitrogens is 1. The molecule has 0 radical (unpaired) electrons. The van der Waals surface area contributed by atoms with Crippen LogP contribution in [0.3, 0.4) is 0 Å². The highest BCUT2D eigenvalue weighted by Crippen LogP contribution is 2.35. The number of anilines is 3. The molecule has 2 heterocycles. The molecule has 1 aromatic heterocycles. The summed E-state index contributed by atoms with van der Waals surface area (Å²) in [5.74, 6) is 0.226. The van der Waals surface area contributed by atoms with Gasteiger partial charge in [-0.1, -0.05) is 29.8 Å². The number of hydrogen-bond acceptors (Lipinski definition) is 8. The molecule has 0 fully saturated rings. The number of thiazole rings is 1. The minimum Gasteiger partial charge on any atom is -0.495 e. The highest BCUT2D eigenvalue weighted by Gasteiger charge is 2.31. The molecular formula is C27H25ClN4O5S2. The average molecular weight is 585 g/mol. The Morgan fingerprint density at radius 3 is 2.67 bits per heavy atom. The Hall–Kier alpha value is -3.80. The van der Waals surface area contributed by atoms with Crippen molar-refractivity contribution in [2.75, 3.05) is 42.2 Å². The summed E-state index contributed by atoms with van der Waals surface area (Å²) in [6, 6.07) is 17.0. The number of benzene rings is 3. The molecule has 0 aliphatic carbocycles. The van der Waals surface area contributed by atoms with Crippen LogP contribution >= 0.6 is 22.9 Å². The van der Waals surface area contributed by atoms with Crippen LogP contribution in [0.15, 0.2) is 70.9 Å². The van der Waals surface area contributed by atoms with E-state index in [2.05, 4.69) is 15.6 Å². The van der Waals surface area contributed by atoms with Gasteiger partial charge in [0.05, 0.1) is 34.1 Å². The zero-order valence-electron chi connectivity index (χ0n) is 21.1. The summed E-state index contributed by atoms with van der Waals surface area (Å²) in [5, 5.41) is 8.57. The summed E-state index contributed by atoms with van der Waals surface area (Å²) in [5.41, 5.74) is 3.68. The summed E-state index contributed by atoms with van der Waals surface area (Å²) in [4.78, 5) is 17.3. The first-order valence-electron chi connectivity index (χ1n) is 11.9. The second-order valence-electron chi connectivity index (χ2n) is 8.59. The van der Waals surface area contributed by atoms with Gasteiger partial charge in [0, 0.05) is 24.5 Å². The summed E-state index contributed by atoms with van der Waals surface area (Å²) in [7, 11) is -0.494. The molecule has 0 atom stereocenters. The number of nitrogens with one attached hydrogen (secondary N) is 2. The number of sulfonamides is 1. The number of carbonyl (C=O) groups excluding carboxylic acids is 1. The van der Waals surface area contributed by atoms with Crippen LogP contribution in [-0.4, -0.2) is 46.6 Å². The van der Waals surface area contributed by atoms with Crippen LogP contribution in [0.5, 0.6) is 11.5 Å². The maximum Gasteiger partial charge on any atom is 0.264 e. The van der Waals surface area contributed by atoms with E-state index in [1.165, 1.54) is 41.0 Å². The maximum atomic E-state index is 13.3. The smallest absolute Gasteiger partial charge is 0.264 e. The molecule has 1 aliphatic heterocycles. The van der Waals surface area contributed by atoms with Crippen molar-refractivity contribution in [1.29, 1.82) is 0 Å². The molecule has 12 heteroatoms. The molecule has 4 aromatic rings. The molecule has 0 saturated heterocycles. The van der Waals surface area contributed by atoms with Crippen molar-refractivity contribution in [2.24, 2.45) is 0 Å². The molecule has 1 amide bonds. The van der Waals surface area contributed by atoms with Gasteiger partial charge in [0.1, 0.15) is 11.5 Å². The first kappa shape index (κ1) is 26.8. The van der Waals surface area contributed by atoms with Crippen LogP contribution < -0.4 is 24.4 Å². The molecule has 0 spiro atoms. The molecule has 0 saturated carbocycles. The minimum atomic E-state index is -3.81. The highest BCUT2D eigenvalue weighted by molar-refractivity contribution is 7.92. The Morgan fingerprint density at radius 1 is 1.13 bits per heavy atom. The van der Waals surface area contributed by atoms with E-state index in [0.717, 1.165) is 22.0 Å². The van der Waals surface area contributed by atoms with Gasteiger partial charge < -0.3 is 20.1 Å². The van der Waals surface area contributed by atoms with E-state index >= 15 is 0 Å². The lowest BCUT2D eigenvalue weighted by atomic mass is 10.1. The van der Waals surface area contributed by atoms with Crippen LogP contribution in [0.1, 0.15) is 5.56 Å². The van der Waals surface area contributed by atoms with Crippen LogP contribution in [0.25, 0.3) is 11.3 Å². The minimum absolute atomic E-state index is 0.0472. The molecule has 0 bridgehead atoms. The third kappa shape index (κ3) is 5.51. The quantitative estimate of drug-likeness (QED) is 0.275. The monoisotopic (exact) mass is 584 g/mol. The van der Waals surface area contributed by atoms with Gasteiger partial charge in [0.15, 0.2) is 11.7 Å². The van der Waals surface area contributed by atoms with Crippen molar-refractivity contribution in [3.8, 4) is 22.8 Å². The Balaban J connectivity index is 1.27. The second kappa shape index (κ2) is 11.1. The zero-order valence-corrected chi connectivity index (χ0v) is 23.5. The lowest BCUT2D eigenvalue weighted by Crippen LogP contribution is -2.29. The molecule has 5 rings (SSSR count). The number of ether oxygens (including phenoxy) is 2. The lowest BCUT2D eigenvalue weighted by molar-refractivity contribution is -0.118. The van der Waals surface area contributed by atoms with E-state index in [1.807, 2.05) is 29.6 Å². The van der Waals surface area contributed by atoms with E-state index in [-0.39, 0.29) is 22.3 Å². The summed E-state index contributed by atoms with van der Waals surface area (Å²) in [6.45, 7) is 0.0147. The van der Waals surface area contributed by atoms with Gasteiger partial charge in [-0.2, -0.15) is 0 Å². The van der Waals surface area contributed by atoms with E-state index in [9.17, 15) is 13.2 Å². The van der Waals surface area contributed by atoms with Crippen molar-refractivity contribution in [3.05, 3.63) is 76.6 Å². The number of para-hydroxylation sites is 1. The van der Waals surface area contributed by atoms with Gasteiger partial charge in [0.2, 0.25) is 0 Å². The zero-order chi connectivity index (χ0) is 27.6. The van der Waals surface area contributed by atoms with Gasteiger partial charge in [-0.25, -0.2) is 13.4 Å². The number of fused-ring (bicyclic) bond motifs is 1. The number of amides is 1. The number of hydrogen-bond donors (Lipinski definition) is 2. The van der Waals surface area contributed by atoms with Crippen molar-refractivity contribution in [1.82, 2.24) is 4.98 Å². The average Bonchev–Trinajstić information content (AvgIpc) is 3.60. The van der Waals surface area contributed by atoms with Crippen molar-refractivity contribution in [2.45, 2.75) is 11.3 Å². The van der Waals surface area contributed by atoms with Crippen LogP contribution in [0, 0.1) is 0 Å². The Labute approximate surface area is 235 Å². The Bertz CT molecular complexity index is 1640. The number of nitrogens with zero attached hydrogens (tertiary/aromatic N) is 2. The molecule has 202 valence electrons. The van der Waals surface area contributed by atoms with Gasteiger partial charge in [-0.15, -0.1) is 11.3 Å². The molecule has 1 aliphatic rings. The number of halogens is 1. The molecule has 2 N–H and O–H groups in total. The van der Waals surface area contributed by atoms with Gasteiger partial charge >= 0.3 is 0 Å². The van der Waals surface area contributed by atoms with Gasteiger partial charge in [-0.05, 0) is 54.4 Å². The molecule has 3 aromatic carbocycles. The largest absolute Gasteiger partial charge is 0.495 e. The van der Waals surface area contributed by atoms with Gasteiger partial charge in [-0.3, -0.25) is 9.10 Å². The fraction of sp³-hybridized carbons (Fsp3) is 0.185. The van der Waals surface area contributed by atoms with Crippen LogP contribution in [0.4, 0.5) is 16.5 Å². The molecule has 39 heavy (non-hydrogen) atoms. The molecular weight excluding hydrogens is 560 g/mol. The number of rotatable bonds is 9. The predicted molar refractivity (Wildman–Crippen MR) is 154 cm³/mol. The molecule has 9 nitrogen and oxygen atoms in total. The molecule has 0 unspecified atom stereocenters. The highest BCUT2D eigenvalue weighted by atomic mass is 35.5. The van der Waals surface area contributed by atoms with Crippen LogP contribution in [0.2, 0.25) is 5.02 Å². The van der Waals surface area contributed by atoms with Crippen molar-refractivity contribution < 1.29 is 22.7 Å². The predicted octanol–water partition coefficient (Wildman–Crippen LogP) is 5.28. The standard InChI is InChI=1S/C27H25ClN4O5S2/c1-29-27-31-22(16-38-27)18-7-9-25(36-2)21(13-18)30-26(33)15-37-24-10-8-19(14-20(24)28)39(34,35)32-12-11-17-5-3-4-6-23(17)32/h3-10,13-14,16H,11-12,15H2,1-2H3,(H,29,31)(H,30,33). The Morgan fingerprint density at radius 2 is 1.92 bits per heavy atom. The van der Waals surface area contributed by atoms with Crippen LogP contribution in [-0.2, 0) is 21.2 Å². The fourth-order valence-corrected chi connectivity index (χ4v) is 6.77. The third-order valence-electron chi connectivity index (χ3n) is 6.18.